The summed E-state index contributed by atoms with van der Waals surface area (Å²) < 4.78 is 42.7. The van der Waals surface area contributed by atoms with Crippen LogP contribution in [0.2, 0.25) is 0 Å². The molecule has 7 heteroatoms. The normalized spacial score (nSPS) is 29.2. The number of carbonyl (C=O) groups excluding carboxylic acids is 2. The lowest BCUT2D eigenvalue weighted by Gasteiger charge is -2.44. The van der Waals surface area contributed by atoms with Crippen LogP contribution in [-0.2, 0) is 9.59 Å². The Labute approximate surface area is 194 Å². The summed E-state index contributed by atoms with van der Waals surface area (Å²) in [6.07, 6.45) is 2.04. The van der Waals surface area contributed by atoms with Gasteiger partial charge in [0.1, 0.15) is 6.54 Å². The Bertz CT molecular complexity index is 875. The molecule has 0 radical (unpaired) electrons. The Balaban J connectivity index is 1.63. The maximum atomic E-state index is 14.2. The molecule has 182 valence electrons. The van der Waals surface area contributed by atoms with E-state index in [0.29, 0.717) is 5.69 Å². The number of rotatable bonds is 5. The molecule has 3 aliphatic rings. The number of halogens is 3. The first-order valence-corrected chi connectivity index (χ1v) is 12.2. The van der Waals surface area contributed by atoms with E-state index >= 15 is 0 Å². The average molecular weight is 465 g/mol. The quantitative estimate of drug-likeness (QED) is 0.490. The van der Waals surface area contributed by atoms with Gasteiger partial charge in [0.05, 0.1) is 0 Å². The van der Waals surface area contributed by atoms with Crippen LogP contribution in [-0.4, -0.2) is 35.6 Å². The minimum Gasteiger partial charge on any atom is -0.308 e. The number of alkyl halides is 3. The molecule has 0 spiro atoms. The van der Waals surface area contributed by atoms with Crippen LogP contribution in [0, 0.1) is 22.7 Å². The molecule has 2 bridgehead atoms. The summed E-state index contributed by atoms with van der Waals surface area (Å²) in [6.45, 7) is 4.80. The van der Waals surface area contributed by atoms with Gasteiger partial charge in [-0.15, -0.1) is 13.2 Å². The molecule has 0 saturated heterocycles. The SMILES string of the molecule is CC12CCC(C1)C(C)(C)C2C(=O)N(CC(=O)N(c1ccccc1)C1CCCCC1)C(F)(F)F. The fourth-order valence-electron chi connectivity index (χ4n) is 7.06. The Hall–Kier alpha value is -2.05. The molecule has 0 aliphatic heterocycles. The molecule has 1 aromatic carbocycles. The molecule has 3 atom stereocenters. The van der Waals surface area contributed by atoms with Crippen LogP contribution < -0.4 is 4.90 Å². The molecular formula is C26H35F3N2O2. The van der Waals surface area contributed by atoms with E-state index in [9.17, 15) is 22.8 Å². The molecule has 4 nitrogen and oxygen atoms in total. The van der Waals surface area contributed by atoms with Crippen LogP contribution in [0.3, 0.4) is 0 Å². The van der Waals surface area contributed by atoms with Gasteiger partial charge in [-0.25, -0.2) is 4.90 Å². The molecule has 4 rings (SSSR count). The van der Waals surface area contributed by atoms with Crippen molar-refractivity contribution in [2.24, 2.45) is 22.7 Å². The third-order valence-corrected chi connectivity index (χ3v) is 8.63. The van der Waals surface area contributed by atoms with Crippen molar-refractivity contribution in [1.29, 1.82) is 0 Å². The van der Waals surface area contributed by atoms with E-state index in [1.54, 1.807) is 24.3 Å². The second-order valence-electron chi connectivity index (χ2n) is 11.1. The van der Waals surface area contributed by atoms with Crippen molar-refractivity contribution in [2.45, 2.75) is 84.5 Å². The van der Waals surface area contributed by atoms with E-state index in [2.05, 4.69) is 0 Å². The van der Waals surface area contributed by atoms with Crippen LogP contribution in [0.15, 0.2) is 30.3 Å². The zero-order valence-electron chi connectivity index (χ0n) is 19.8. The van der Waals surface area contributed by atoms with Gasteiger partial charge in [-0.3, -0.25) is 9.59 Å². The fraction of sp³-hybridized carbons (Fsp3) is 0.692. The number of benzene rings is 1. The molecule has 3 unspecified atom stereocenters. The van der Waals surface area contributed by atoms with Gasteiger partial charge in [0.15, 0.2) is 0 Å². The van der Waals surface area contributed by atoms with E-state index in [0.717, 1.165) is 51.4 Å². The smallest absolute Gasteiger partial charge is 0.308 e. The zero-order chi connectivity index (χ0) is 24.0. The number of anilines is 1. The summed E-state index contributed by atoms with van der Waals surface area (Å²) in [7, 11) is 0. The molecule has 1 aromatic rings. The van der Waals surface area contributed by atoms with E-state index in [1.165, 1.54) is 4.90 Å². The molecular weight excluding hydrogens is 429 g/mol. The minimum atomic E-state index is -4.91. The Morgan fingerprint density at radius 2 is 1.64 bits per heavy atom. The molecule has 0 N–H and O–H groups in total. The Kier molecular flexibility index (Phi) is 6.29. The third-order valence-electron chi connectivity index (χ3n) is 8.63. The summed E-state index contributed by atoms with van der Waals surface area (Å²) in [4.78, 5) is 28.4. The van der Waals surface area contributed by atoms with Gasteiger partial charge in [-0.1, -0.05) is 58.2 Å². The van der Waals surface area contributed by atoms with Crippen molar-refractivity contribution in [2.75, 3.05) is 11.4 Å². The first kappa shape index (κ1) is 24.1. The van der Waals surface area contributed by atoms with Crippen molar-refractivity contribution in [1.82, 2.24) is 4.90 Å². The minimum absolute atomic E-state index is 0.0908. The Morgan fingerprint density at radius 1 is 1.00 bits per heavy atom. The monoisotopic (exact) mass is 464 g/mol. The molecule has 2 amide bonds. The van der Waals surface area contributed by atoms with E-state index in [1.807, 2.05) is 26.8 Å². The van der Waals surface area contributed by atoms with Crippen molar-refractivity contribution < 1.29 is 22.8 Å². The van der Waals surface area contributed by atoms with Gasteiger partial charge in [0.25, 0.3) is 0 Å². The predicted octanol–water partition coefficient (Wildman–Crippen LogP) is 6.16. The average Bonchev–Trinajstić information content (AvgIpc) is 3.24. The second kappa shape index (κ2) is 8.62. The van der Waals surface area contributed by atoms with E-state index in [4.69, 9.17) is 0 Å². The first-order valence-electron chi connectivity index (χ1n) is 12.2. The summed E-state index contributed by atoms with van der Waals surface area (Å²) in [5.74, 6) is -2.10. The predicted molar refractivity (Wildman–Crippen MR) is 121 cm³/mol. The number of amides is 2. The van der Waals surface area contributed by atoms with Gasteiger partial charge in [-0.2, -0.15) is 0 Å². The Morgan fingerprint density at radius 3 is 2.18 bits per heavy atom. The van der Waals surface area contributed by atoms with E-state index in [-0.39, 0.29) is 16.9 Å². The summed E-state index contributed by atoms with van der Waals surface area (Å²) in [5.41, 5.74) is -0.365. The van der Waals surface area contributed by atoms with Gasteiger partial charge in [0, 0.05) is 17.6 Å². The summed E-state index contributed by atoms with van der Waals surface area (Å²) in [6, 6.07) is 8.75. The van der Waals surface area contributed by atoms with Gasteiger partial charge >= 0.3 is 6.30 Å². The van der Waals surface area contributed by atoms with Crippen LogP contribution in [0.25, 0.3) is 0 Å². The number of nitrogens with zero attached hydrogens (tertiary/aromatic N) is 2. The highest BCUT2D eigenvalue weighted by atomic mass is 19.4. The summed E-state index contributed by atoms with van der Waals surface area (Å²) in [5, 5.41) is 0. The highest BCUT2D eigenvalue weighted by Gasteiger charge is 2.64. The lowest BCUT2D eigenvalue weighted by molar-refractivity contribution is -0.245. The zero-order valence-corrected chi connectivity index (χ0v) is 19.8. The molecule has 0 heterocycles. The fourth-order valence-corrected chi connectivity index (χ4v) is 7.06. The highest BCUT2D eigenvalue weighted by molar-refractivity contribution is 5.97. The molecule has 0 aromatic heterocycles. The van der Waals surface area contributed by atoms with Crippen LogP contribution in [0.5, 0.6) is 0 Å². The number of hydrogen-bond acceptors (Lipinski definition) is 2. The van der Waals surface area contributed by atoms with Gasteiger partial charge in [0.2, 0.25) is 11.8 Å². The molecule has 3 fully saturated rings. The number of hydrogen-bond donors (Lipinski definition) is 0. The number of fused-ring (bicyclic) bond motifs is 2. The van der Waals surface area contributed by atoms with Crippen LogP contribution >= 0.6 is 0 Å². The van der Waals surface area contributed by atoms with Gasteiger partial charge in [-0.05, 0) is 61.0 Å². The maximum Gasteiger partial charge on any atom is 0.487 e. The van der Waals surface area contributed by atoms with Crippen LogP contribution in [0.4, 0.5) is 18.9 Å². The van der Waals surface area contributed by atoms with Crippen molar-refractivity contribution in [3.63, 3.8) is 0 Å². The van der Waals surface area contributed by atoms with Crippen molar-refractivity contribution in [3.8, 4) is 0 Å². The highest BCUT2D eigenvalue weighted by Crippen LogP contribution is 2.66. The van der Waals surface area contributed by atoms with Crippen molar-refractivity contribution in [3.05, 3.63) is 30.3 Å². The topological polar surface area (TPSA) is 40.6 Å². The number of carbonyl (C=O) groups is 2. The lowest BCUT2D eigenvalue weighted by atomic mass is 9.63. The van der Waals surface area contributed by atoms with Crippen molar-refractivity contribution >= 4 is 17.5 Å². The van der Waals surface area contributed by atoms with Crippen LogP contribution in [0.1, 0.15) is 72.1 Å². The second-order valence-corrected chi connectivity index (χ2v) is 11.1. The molecule has 3 aliphatic carbocycles. The lowest BCUT2D eigenvalue weighted by Crippen LogP contribution is -2.56. The maximum absolute atomic E-state index is 14.2. The third kappa shape index (κ3) is 4.40. The standard InChI is InChI=1S/C26H35F3N2O2/c1-24(2)18-14-15-25(3,16-18)22(24)23(33)30(26(27,28)29)17-21(32)31(19-10-6-4-7-11-19)20-12-8-5-9-13-20/h4,6-7,10-11,18,20,22H,5,8-9,12-17H2,1-3H3. The summed E-state index contributed by atoms with van der Waals surface area (Å²) >= 11 is 0. The van der Waals surface area contributed by atoms with Gasteiger partial charge < -0.3 is 4.90 Å². The largest absolute Gasteiger partial charge is 0.487 e. The van der Waals surface area contributed by atoms with E-state index < -0.39 is 41.4 Å². The molecule has 3 saturated carbocycles. The molecule has 33 heavy (non-hydrogen) atoms. The first-order chi connectivity index (χ1) is 15.4. The number of para-hydroxylation sites is 1.